The number of fused-ring (bicyclic) bond motifs is 2. The summed E-state index contributed by atoms with van der Waals surface area (Å²) >= 11 is 0. The van der Waals surface area contributed by atoms with Gasteiger partial charge < -0.3 is 0 Å². The highest BCUT2D eigenvalue weighted by atomic mass is 14.3. The molecule has 0 amide bonds. The fraction of sp³-hybridized carbons (Fsp3) is 0.438. The van der Waals surface area contributed by atoms with Crippen LogP contribution < -0.4 is 10.4 Å². The van der Waals surface area contributed by atoms with E-state index in [1.807, 2.05) is 0 Å². The van der Waals surface area contributed by atoms with Crippen LogP contribution in [0, 0.1) is 10.4 Å². The molecule has 0 bridgehead atoms. The molecule has 0 radical (unpaired) electrons. The predicted octanol–water partition coefficient (Wildman–Crippen LogP) is 7.17. The molecule has 2 aromatic rings. The van der Waals surface area contributed by atoms with Crippen molar-refractivity contribution in [2.45, 2.75) is 90.9 Å². The molecule has 3 aliphatic carbocycles. The molecule has 0 aliphatic heterocycles. The zero-order valence-corrected chi connectivity index (χ0v) is 20.9. The summed E-state index contributed by atoms with van der Waals surface area (Å²) in [5, 5.41) is 5.84. The zero-order chi connectivity index (χ0) is 22.7. The van der Waals surface area contributed by atoms with E-state index in [4.69, 9.17) is 0 Å². The van der Waals surface area contributed by atoms with E-state index in [1.54, 1.807) is 16.4 Å². The van der Waals surface area contributed by atoms with Crippen LogP contribution in [0.4, 0.5) is 0 Å². The molecule has 2 aromatic carbocycles. The SMILES string of the molecule is CC(C)(C)c1ccc2c(c1)=c1cc(C(C)(C)C)c(=C3CCCCC3)c(C3=CC=CC3)c1C=2. The molecule has 1 saturated carbocycles. The van der Waals surface area contributed by atoms with E-state index in [-0.39, 0.29) is 10.8 Å². The molecular weight excluding hydrogens is 384 g/mol. The molecule has 0 N–H and O–H groups in total. The molecule has 5 rings (SSSR count). The van der Waals surface area contributed by atoms with Gasteiger partial charge in [-0.15, -0.1) is 0 Å². The van der Waals surface area contributed by atoms with E-state index in [2.05, 4.69) is 90.1 Å². The summed E-state index contributed by atoms with van der Waals surface area (Å²) in [7, 11) is 0. The number of benzene rings is 2. The van der Waals surface area contributed by atoms with Crippen molar-refractivity contribution >= 4 is 17.2 Å². The third kappa shape index (κ3) is 3.62. The second-order valence-corrected chi connectivity index (χ2v) is 12.1. The van der Waals surface area contributed by atoms with Crippen LogP contribution in [0.3, 0.4) is 0 Å². The van der Waals surface area contributed by atoms with Gasteiger partial charge in [-0.2, -0.15) is 0 Å². The quantitative estimate of drug-likeness (QED) is 0.390. The van der Waals surface area contributed by atoms with Gasteiger partial charge in [0.15, 0.2) is 0 Å². The Labute approximate surface area is 193 Å². The maximum atomic E-state index is 2.56. The number of hydrogen-bond donors (Lipinski definition) is 0. The van der Waals surface area contributed by atoms with Gasteiger partial charge in [0.1, 0.15) is 0 Å². The molecule has 0 heterocycles. The molecule has 0 heteroatoms. The van der Waals surface area contributed by atoms with E-state index >= 15 is 0 Å². The van der Waals surface area contributed by atoms with Gasteiger partial charge in [-0.1, -0.05) is 90.0 Å². The van der Waals surface area contributed by atoms with E-state index in [9.17, 15) is 0 Å². The number of rotatable bonds is 1. The monoisotopic (exact) mass is 422 g/mol. The minimum absolute atomic E-state index is 0.112. The smallest absolute Gasteiger partial charge is 0.00672 e. The first-order chi connectivity index (χ1) is 15.1. The Morgan fingerprint density at radius 2 is 1.53 bits per heavy atom. The van der Waals surface area contributed by atoms with Gasteiger partial charge in [-0.05, 0) is 104 Å². The molecule has 1 fully saturated rings. The third-order valence-corrected chi connectivity index (χ3v) is 7.59. The van der Waals surface area contributed by atoms with Crippen LogP contribution in [0.5, 0.6) is 0 Å². The van der Waals surface area contributed by atoms with Crippen molar-refractivity contribution in [2.24, 2.45) is 0 Å². The summed E-state index contributed by atoms with van der Waals surface area (Å²) in [6.45, 7) is 14.2. The highest BCUT2D eigenvalue weighted by Crippen LogP contribution is 2.34. The Morgan fingerprint density at radius 1 is 0.781 bits per heavy atom. The van der Waals surface area contributed by atoms with Gasteiger partial charge in [-0.3, -0.25) is 0 Å². The predicted molar refractivity (Wildman–Crippen MR) is 139 cm³/mol. The van der Waals surface area contributed by atoms with E-state index in [0.717, 1.165) is 6.42 Å². The van der Waals surface area contributed by atoms with Crippen LogP contribution in [0.1, 0.15) is 102 Å². The fourth-order valence-corrected chi connectivity index (χ4v) is 5.76. The van der Waals surface area contributed by atoms with Crippen LogP contribution >= 0.6 is 0 Å². The van der Waals surface area contributed by atoms with Gasteiger partial charge in [0, 0.05) is 0 Å². The Balaban J connectivity index is 1.98. The summed E-state index contributed by atoms with van der Waals surface area (Å²) in [5.74, 6) is 0. The minimum atomic E-state index is 0.112. The highest BCUT2D eigenvalue weighted by molar-refractivity contribution is 5.81. The second kappa shape index (κ2) is 7.62. The summed E-state index contributed by atoms with van der Waals surface area (Å²) < 4.78 is 0. The number of allylic oxidation sites excluding steroid dienone is 4. The molecule has 166 valence electrons. The molecule has 32 heavy (non-hydrogen) atoms. The summed E-state index contributed by atoms with van der Waals surface area (Å²) in [6, 6.07) is 9.71. The largest absolute Gasteiger partial charge is 0.0801 e. The van der Waals surface area contributed by atoms with Gasteiger partial charge in [-0.25, -0.2) is 0 Å². The van der Waals surface area contributed by atoms with Crippen molar-refractivity contribution in [1.82, 2.24) is 0 Å². The van der Waals surface area contributed by atoms with Gasteiger partial charge in [0.2, 0.25) is 0 Å². The first-order valence-corrected chi connectivity index (χ1v) is 12.6. The Hall–Kier alpha value is -2.34. The minimum Gasteiger partial charge on any atom is -0.0801 e. The topological polar surface area (TPSA) is 0 Å². The third-order valence-electron chi connectivity index (χ3n) is 7.59. The molecule has 0 unspecified atom stereocenters. The zero-order valence-electron chi connectivity index (χ0n) is 20.9. The van der Waals surface area contributed by atoms with E-state index in [0.29, 0.717) is 0 Å². The van der Waals surface area contributed by atoms with Crippen LogP contribution in [0.2, 0.25) is 0 Å². The maximum Gasteiger partial charge on any atom is -0.00672 e. The van der Waals surface area contributed by atoms with Gasteiger partial charge in [0.05, 0.1) is 0 Å². The average Bonchev–Trinajstić information content (AvgIpc) is 3.39. The summed E-state index contributed by atoms with van der Waals surface area (Å²) in [4.78, 5) is 0. The lowest BCUT2D eigenvalue weighted by Gasteiger charge is -2.26. The lowest BCUT2D eigenvalue weighted by atomic mass is 9.78. The van der Waals surface area contributed by atoms with Crippen LogP contribution in [-0.4, -0.2) is 0 Å². The van der Waals surface area contributed by atoms with Crippen molar-refractivity contribution in [3.63, 3.8) is 0 Å². The molecule has 0 aromatic heterocycles. The fourth-order valence-electron chi connectivity index (χ4n) is 5.76. The summed E-state index contributed by atoms with van der Waals surface area (Å²) in [6.07, 6.45) is 17.0. The normalized spacial score (nSPS) is 17.8. The summed E-state index contributed by atoms with van der Waals surface area (Å²) in [5.41, 5.74) is 9.42. The van der Waals surface area contributed by atoms with E-state index < -0.39 is 0 Å². The van der Waals surface area contributed by atoms with Gasteiger partial charge >= 0.3 is 0 Å². The maximum absolute atomic E-state index is 2.56. The first-order valence-electron chi connectivity index (χ1n) is 12.6. The Bertz CT molecular complexity index is 1350. The molecule has 3 aliphatic rings. The molecule has 0 spiro atoms. The Morgan fingerprint density at radius 3 is 2.16 bits per heavy atom. The number of hydrogen-bond acceptors (Lipinski definition) is 0. The molecule has 0 saturated heterocycles. The van der Waals surface area contributed by atoms with Crippen LogP contribution in [0.25, 0.3) is 17.2 Å². The van der Waals surface area contributed by atoms with Crippen molar-refractivity contribution < 1.29 is 0 Å². The lowest BCUT2D eigenvalue weighted by molar-refractivity contribution is 0.581. The molecule has 0 nitrogen and oxygen atoms in total. The molecule has 0 atom stereocenters. The Kier molecular flexibility index (Phi) is 5.12. The van der Waals surface area contributed by atoms with E-state index in [1.165, 1.54) is 70.0 Å². The van der Waals surface area contributed by atoms with Crippen molar-refractivity contribution in [2.75, 3.05) is 0 Å². The van der Waals surface area contributed by atoms with Crippen molar-refractivity contribution in [3.8, 4) is 0 Å². The lowest BCUT2D eigenvalue weighted by Crippen LogP contribution is -2.29. The van der Waals surface area contributed by atoms with Crippen molar-refractivity contribution in [3.05, 3.63) is 85.6 Å². The standard InChI is InChI=1S/C32H38/c1-31(2,3)24-17-16-23-18-27-26(25(23)19-24)20-28(32(4,5)6)30(22-12-8-7-9-13-22)29(27)21-14-10-11-15-21/h10-11,14,16-20H,7-9,12-13,15H2,1-6H3. The molecular formula is C32H38. The first kappa shape index (κ1) is 21.5. The van der Waals surface area contributed by atoms with Crippen molar-refractivity contribution in [1.29, 1.82) is 0 Å². The van der Waals surface area contributed by atoms with Gasteiger partial charge in [0.25, 0.3) is 0 Å². The average molecular weight is 423 g/mol. The van der Waals surface area contributed by atoms with Crippen LogP contribution in [-0.2, 0) is 10.8 Å². The highest BCUT2D eigenvalue weighted by Gasteiger charge is 2.25. The van der Waals surface area contributed by atoms with Crippen LogP contribution in [0.15, 0.2) is 42.5 Å². The second-order valence-electron chi connectivity index (χ2n) is 12.1.